The molecule has 3 fully saturated rings. The number of rotatable bonds is 10. The van der Waals surface area contributed by atoms with Crippen LogP contribution < -0.4 is 20.7 Å². The van der Waals surface area contributed by atoms with Gasteiger partial charge in [0.1, 0.15) is 30.5 Å². The summed E-state index contributed by atoms with van der Waals surface area (Å²) in [6.07, 6.45) is 0.430. The molecule has 1 aromatic carbocycles. The Bertz CT molecular complexity index is 1190. The molecule has 3 aliphatic heterocycles. The summed E-state index contributed by atoms with van der Waals surface area (Å²) in [6.45, 7) is 3.02. The zero-order valence-electron chi connectivity index (χ0n) is 26.2. The molecule has 0 radical (unpaired) electrons. The van der Waals surface area contributed by atoms with Crippen LogP contribution in [0.5, 0.6) is 5.75 Å². The van der Waals surface area contributed by atoms with Crippen molar-refractivity contribution >= 4 is 42.5 Å². The van der Waals surface area contributed by atoms with E-state index in [1.807, 2.05) is 31.2 Å². The summed E-state index contributed by atoms with van der Waals surface area (Å²) < 4.78 is 53.5. The van der Waals surface area contributed by atoms with Crippen molar-refractivity contribution in [2.24, 2.45) is 5.92 Å². The van der Waals surface area contributed by atoms with Gasteiger partial charge in [-0.1, -0.05) is 18.2 Å². The molecule has 0 unspecified atom stereocenters. The van der Waals surface area contributed by atoms with Crippen LogP contribution in [0.15, 0.2) is 24.3 Å². The van der Waals surface area contributed by atoms with Gasteiger partial charge in [0.2, 0.25) is 23.6 Å². The van der Waals surface area contributed by atoms with Crippen molar-refractivity contribution in [2.45, 2.75) is 87.7 Å². The lowest BCUT2D eigenvalue weighted by atomic mass is 9.81. The van der Waals surface area contributed by atoms with E-state index in [1.165, 1.54) is 11.9 Å². The Balaban J connectivity index is 0.00000288. The van der Waals surface area contributed by atoms with E-state index in [1.54, 1.807) is 0 Å². The molecule has 10 nitrogen and oxygen atoms in total. The highest BCUT2D eigenvalue weighted by molar-refractivity contribution is 5.94. The number of halogens is 5. The van der Waals surface area contributed by atoms with Crippen molar-refractivity contribution in [3.8, 4) is 5.75 Å². The highest BCUT2D eigenvalue weighted by Crippen LogP contribution is 2.39. The number of carbonyl (C=O) groups excluding carboxylic acids is 3. The average molecular weight is 697 g/mol. The minimum atomic E-state index is -2.84. The van der Waals surface area contributed by atoms with Crippen LogP contribution in [0.2, 0.25) is 0 Å². The summed E-state index contributed by atoms with van der Waals surface area (Å²) in [6, 6.07) is 3.87. The molecule has 3 N–H and O–H groups in total. The zero-order chi connectivity index (χ0) is 31.4. The van der Waals surface area contributed by atoms with Crippen LogP contribution in [0.3, 0.4) is 0 Å². The molecule has 0 bridgehead atoms. The summed E-state index contributed by atoms with van der Waals surface area (Å²) >= 11 is 0. The second-order valence-corrected chi connectivity index (χ2v) is 12.3. The standard InChI is InChI=1S/C31H44F3N5O5.2ClH/c1-3-43-21-14-20-16-39(30(42)27(37-28(40)24(15-32)35-2)19-8-11-31(33,34)12-9-19)25(18-38(20)17-21)29(41)36-23-10-13-44-26-7-5-4-6-22(23)26;;/h4-7,19-21,23-25,27,35H,3,8-18H2,1-2H3,(H,36,41)(H,37,40);2*1H/t20-,21-,23-,24-,25+,27+;;/m1../s1. The molecule has 1 aliphatic carbocycles. The summed E-state index contributed by atoms with van der Waals surface area (Å²) in [7, 11) is 1.44. The number of benzene rings is 1. The van der Waals surface area contributed by atoms with Gasteiger partial charge < -0.3 is 30.3 Å². The van der Waals surface area contributed by atoms with Crippen molar-refractivity contribution in [1.29, 1.82) is 0 Å². The quantitative estimate of drug-likeness (QED) is 0.345. The fourth-order valence-corrected chi connectivity index (χ4v) is 7.10. The molecule has 260 valence electrons. The van der Waals surface area contributed by atoms with Gasteiger partial charge in [-0.2, -0.15) is 0 Å². The van der Waals surface area contributed by atoms with Crippen LogP contribution in [-0.4, -0.2) is 110 Å². The minimum absolute atomic E-state index is 0. The minimum Gasteiger partial charge on any atom is -0.493 e. The molecular formula is C31H46Cl2F3N5O5. The second kappa shape index (κ2) is 16.7. The van der Waals surface area contributed by atoms with E-state index in [0.29, 0.717) is 38.3 Å². The van der Waals surface area contributed by atoms with Gasteiger partial charge in [-0.05, 0) is 45.2 Å². The lowest BCUT2D eigenvalue weighted by Crippen LogP contribution is -2.67. The van der Waals surface area contributed by atoms with E-state index in [0.717, 1.165) is 5.56 Å². The maximum absolute atomic E-state index is 14.5. The van der Waals surface area contributed by atoms with Crippen LogP contribution in [-0.2, 0) is 19.1 Å². The van der Waals surface area contributed by atoms with Gasteiger partial charge in [-0.15, -0.1) is 24.8 Å². The lowest BCUT2D eigenvalue weighted by Gasteiger charge is -2.45. The van der Waals surface area contributed by atoms with E-state index in [4.69, 9.17) is 9.47 Å². The van der Waals surface area contributed by atoms with E-state index in [-0.39, 0.29) is 74.8 Å². The number of para-hydroxylation sites is 1. The van der Waals surface area contributed by atoms with Crippen LogP contribution in [0, 0.1) is 5.92 Å². The molecule has 6 atom stereocenters. The van der Waals surface area contributed by atoms with Crippen molar-refractivity contribution in [1.82, 2.24) is 25.8 Å². The van der Waals surface area contributed by atoms with E-state index >= 15 is 0 Å². The van der Waals surface area contributed by atoms with Crippen LogP contribution in [0.1, 0.15) is 57.1 Å². The summed E-state index contributed by atoms with van der Waals surface area (Å²) in [5, 5.41) is 8.42. The highest BCUT2D eigenvalue weighted by atomic mass is 35.5. The molecular weight excluding hydrogens is 650 g/mol. The predicted octanol–water partition coefficient (Wildman–Crippen LogP) is 3.03. The number of nitrogens with one attached hydrogen (secondary N) is 3. The molecule has 1 saturated carbocycles. The maximum atomic E-state index is 14.5. The Morgan fingerprint density at radius 2 is 1.80 bits per heavy atom. The Labute approximate surface area is 280 Å². The number of hydrogen-bond acceptors (Lipinski definition) is 7. The first-order valence-corrected chi connectivity index (χ1v) is 15.7. The van der Waals surface area contributed by atoms with Gasteiger partial charge >= 0.3 is 0 Å². The topological polar surface area (TPSA) is 112 Å². The number of carbonyl (C=O) groups is 3. The third-order valence-electron chi connectivity index (χ3n) is 9.56. The van der Waals surface area contributed by atoms with Gasteiger partial charge in [0.25, 0.3) is 0 Å². The van der Waals surface area contributed by atoms with Crippen LogP contribution in [0.25, 0.3) is 0 Å². The van der Waals surface area contributed by atoms with Crippen molar-refractivity contribution < 1.29 is 37.0 Å². The Kier molecular flexibility index (Phi) is 13.8. The van der Waals surface area contributed by atoms with Gasteiger partial charge in [0, 0.05) is 57.1 Å². The monoisotopic (exact) mass is 695 g/mol. The molecule has 2 saturated heterocycles. The number of amides is 3. The van der Waals surface area contributed by atoms with Gasteiger partial charge in [0.05, 0.1) is 18.8 Å². The molecule has 4 aliphatic rings. The first kappa shape index (κ1) is 38.1. The van der Waals surface area contributed by atoms with E-state index < -0.39 is 61.3 Å². The summed E-state index contributed by atoms with van der Waals surface area (Å²) in [5.74, 6) is -4.28. The van der Waals surface area contributed by atoms with Crippen LogP contribution >= 0.6 is 24.8 Å². The van der Waals surface area contributed by atoms with E-state index in [9.17, 15) is 27.6 Å². The maximum Gasteiger partial charge on any atom is 0.248 e. The smallest absolute Gasteiger partial charge is 0.248 e. The van der Waals surface area contributed by atoms with E-state index in [2.05, 4.69) is 20.9 Å². The zero-order valence-corrected chi connectivity index (χ0v) is 27.9. The third kappa shape index (κ3) is 8.58. The number of piperazine rings is 1. The molecule has 3 amide bonds. The average Bonchev–Trinajstić information content (AvgIpc) is 3.41. The van der Waals surface area contributed by atoms with Crippen molar-refractivity contribution in [3.63, 3.8) is 0 Å². The number of fused-ring (bicyclic) bond motifs is 2. The Hall–Kier alpha value is -2.32. The second-order valence-electron chi connectivity index (χ2n) is 12.3. The van der Waals surface area contributed by atoms with Crippen LogP contribution in [0.4, 0.5) is 13.2 Å². The highest BCUT2D eigenvalue weighted by Gasteiger charge is 2.49. The van der Waals surface area contributed by atoms with Crippen molar-refractivity contribution in [3.05, 3.63) is 29.8 Å². The molecule has 15 heteroatoms. The number of likely N-dealkylation sites (N-methyl/N-ethyl adjacent to an activating group) is 1. The molecule has 0 spiro atoms. The molecule has 0 aromatic heterocycles. The number of ether oxygens (including phenoxy) is 2. The normalized spacial score (nSPS) is 27.0. The fourth-order valence-electron chi connectivity index (χ4n) is 7.10. The predicted molar refractivity (Wildman–Crippen MR) is 170 cm³/mol. The molecule has 3 heterocycles. The first-order valence-electron chi connectivity index (χ1n) is 15.7. The first-order chi connectivity index (χ1) is 21.1. The largest absolute Gasteiger partial charge is 0.493 e. The fraction of sp³-hybridized carbons (Fsp3) is 0.710. The third-order valence-corrected chi connectivity index (χ3v) is 9.56. The Morgan fingerprint density at radius 3 is 2.48 bits per heavy atom. The summed E-state index contributed by atoms with van der Waals surface area (Å²) in [4.78, 5) is 45.2. The Morgan fingerprint density at radius 1 is 1.09 bits per heavy atom. The summed E-state index contributed by atoms with van der Waals surface area (Å²) in [5.41, 5.74) is 0.855. The SMILES string of the molecule is CCO[C@@H]1C[C@@H]2CN(C(=O)[C@@H](NC(=O)[C@@H](CF)NC)C3CCC(F)(F)CC3)[C@H](C(=O)N[C@@H]3CCOc4ccccc43)CN2C1.Cl.Cl. The number of alkyl halides is 3. The van der Waals surface area contributed by atoms with Gasteiger partial charge in [0.15, 0.2) is 0 Å². The lowest BCUT2D eigenvalue weighted by molar-refractivity contribution is -0.150. The number of nitrogens with zero attached hydrogens (tertiary/aromatic N) is 2. The van der Waals surface area contributed by atoms with Gasteiger partial charge in [-0.3, -0.25) is 19.3 Å². The van der Waals surface area contributed by atoms with Gasteiger partial charge in [-0.25, -0.2) is 13.2 Å². The molecule has 46 heavy (non-hydrogen) atoms. The van der Waals surface area contributed by atoms with Crippen molar-refractivity contribution in [2.75, 3.05) is 46.6 Å². The number of hydrogen-bond donors (Lipinski definition) is 3. The molecule has 5 rings (SSSR count). The molecule has 1 aromatic rings.